The number of hydrogen-bond donors (Lipinski definition) is 0. The molecule has 118 valence electrons. The van der Waals surface area contributed by atoms with Gasteiger partial charge in [0, 0.05) is 0 Å². The first-order chi connectivity index (χ1) is 10.9. The Balaban J connectivity index is 1.65. The summed E-state index contributed by atoms with van der Waals surface area (Å²) in [4.78, 5) is 0. The number of rotatable bonds is 5. The molecule has 2 atom stereocenters. The molecule has 0 aliphatic heterocycles. The van der Waals surface area contributed by atoms with Gasteiger partial charge in [0.15, 0.2) is 0 Å². The summed E-state index contributed by atoms with van der Waals surface area (Å²) in [5.41, 5.74) is 1.84. The summed E-state index contributed by atoms with van der Waals surface area (Å²) in [7, 11) is 0.985. The molecule has 1 aromatic rings. The molecule has 0 aromatic heterocycles. The second kappa shape index (κ2) is 8.15. The molecular formula is C21H30Si. The predicted molar refractivity (Wildman–Crippen MR) is 97.8 cm³/mol. The Bertz CT molecular complexity index is 470. The van der Waals surface area contributed by atoms with Crippen LogP contribution in [0.3, 0.4) is 0 Å². The van der Waals surface area contributed by atoms with Crippen molar-refractivity contribution in [2.24, 2.45) is 17.8 Å². The third-order valence-corrected chi connectivity index (χ3v) is 7.16. The quantitative estimate of drug-likeness (QED) is 0.506. The summed E-state index contributed by atoms with van der Waals surface area (Å²) in [5.74, 6) is 2.73. The van der Waals surface area contributed by atoms with Crippen LogP contribution in [0.1, 0.15) is 58.3 Å². The number of benzene rings is 1. The summed E-state index contributed by atoms with van der Waals surface area (Å²) < 4.78 is 0. The zero-order valence-electron chi connectivity index (χ0n) is 14.1. The van der Waals surface area contributed by atoms with E-state index in [0.29, 0.717) is 0 Å². The largest absolute Gasteiger partial charge is 0.0819 e. The summed E-state index contributed by atoms with van der Waals surface area (Å²) >= 11 is 0. The van der Waals surface area contributed by atoms with Crippen LogP contribution in [-0.2, 0) is 0 Å². The average molecular weight is 311 g/mol. The van der Waals surface area contributed by atoms with Gasteiger partial charge in [-0.05, 0) is 49.5 Å². The molecule has 1 aromatic carbocycles. The normalized spacial score (nSPS) is 28.3. The Kier molecular flexibility index (Phi) is 5.94. The van der Waals surface area contributed by atoms with E-state index in [2.05, 4.69) is 43.3 Å². The predicted octanol–water partition coefficient (Wildman–Crippen LogP) is 5.38. The van der Waals surface area contributed by atoms with Crippen LogP contribution in [0.15, 0.2) is 42.0 Å². The van der Waals surface area contributed by atoms with E-state index >= 15 is 0 Å². The fourth-order valence-corrected chi connectivity index (χ4v) is 5.90. The van der Waals surface area contributed by atoms with Gasteiger partial charge in [0.25, 0.3) is 0 Å². The van der Waals surface area contributed by atoms with Crippen molar-refractivity contribution < 1.29 is 0 Å². The Hall–Kier alpha value is -0.823. The molecule has 2 fully saturated rings. The lowest BCUT2D eigenvalue weighted by Crippen LogP contribution is -2.20. The molecule has 0 bridgehead atoms. The van der Waals surface area contributed by atoms with Gasteiger partial charge >= 0.3 is 0 Å². The van der Waals surface area contributed by atoms with Crippen LogP contribution >= 0.6 is 0 Å². The van der Waals surface area contributed by atoms with Gasteiger partial charge in [-0.1, -0.05) is 79.8 Å². The SMILES string of the molecule is CC[C@H]1CC/C(=C\C2CCCCC2)[C@@H]1C[Si]c1ccccc1. The van der Waals surface area contributed by atoms with Crippen LogP contribution in [0.25, 0.3) is 0 Å². The van der Waals surface area contributed by atoms with Crippen molar-refractivity contribution >= 4 is 14.7 Å². The van der Waals surface area contributed by atoms with Gasteiger partial charge in [0.05, 0.1) is 9.52 Å². The van der Waals surface area contributed by atoms with Crippen molar-refractivity contribution in [3.63, 3.8) is 0 Å². The lowest BCUT2D eigenvalue weighted by Gasteiger charge is -2.23. The Morgan fingerprint density at radius 1 is 1.05 bits per heavy atom. The van der Waals surface area contributed by atoms with Crippen LogP contribution in [-0.4, -0.2) is 9.52 Å². The van der Waals surface area contributed by atoms with Crippen molar-refractivity contribution in [2.75, 3.05) is 0 Å². The third kappa shape index (κ3) is 4.13. The molecule has 2 radical (unpaired) electrons. The lowest BCUT2D eigenvalue weighted by atomic mass is 9.85. The molecule has 0 spiro atoms. The number of allylic oxidation sites excluding steroid dienone is 2. The molecule has 0 amide bonds. The van der Waals surface area contributed by atoms with Gasteiger partial charge in [-0.3, -0.25) is 0 Å². The molecule has 0 heterocycles. The van der Waals surface area contributed by atoms with E-state index in [1.807, 2.05) is 5.57 Å². The van der Waals surface area contributed by atoms with Crippen molar-refractivity contribution in [1.29, 1.82) is 0 Å². The maximum Gasteiger partial charge on any atom is 0.0814 e. The minimum atomic E-state index is 0.880. The highest BCUT2D eigenvalue weighted by molar-refractivity contribution is 6.53. The van der Waals surface area contributed by atoms with E-state index in [4.69, 9.17) is 0 Å². The first kappa shape index (κ1) is 16.0. The van der Waals surface area contributed by atoms with Gasteiger partial charge in [-0.25, -0.2) is 0 Å². The van der Waals surface area contributed by atoms with Gasteiger partial charge in [-0.15, -0.1) is 0 Å². The molecule has 2 aliphatic carbocycles. The minimum Gasteiger partial charge on any atom is -0.0819 e. The molecule has 0 N–H and O–H groups in total. The van der Waals surface area contributed by atoms with Crippen LogP contribution in [0, 0.1) is 17.8 Å². The van der Waals surface area contributed by atoms with E-state index in [-0.39, 0.29) is 0 Å². The summed E-state index contributed by atoms with van der Waals surface area (Å²) in [5, 5.41) is 1.54. The summed E-state index contributed by atoms with van der Waals surface area (Å²) in [6.07, 6.45) is 14.2. The van der Waals surface area contributed by atoms with Crippen LogP contribution in [0.5, 0.6) is 0 Å². The van der Waals surface area contributed by atoms with E-state index < -0.39 is 0 Å². The zero-order chi connectivity index (χ0) is 15.2. The van der Waals surface area contributed by atoms with Crippen molar-refractivity contribution in [3.05, 3.63) is 42.0 Å². The average Bonchev–Trinajstić information content (AvgIpc) is 2.96. The molecule has 3 rings (SSSR count). The topological polar surface area (TPSA) is 0 Å². The van der Waals surface area contributed by atoms with Gasteiger partial charge in [0.1, 0.15) is 0 Å². The Morgan fingerprint density at radius 2 is 1.82 bits per heavy atom. The van der Waals surface area contributed by atoms with Gasteiger partial charge < -0.3 is 0 Å². The number of hydrogen-bond acceptors (Lipinski definition) is 0. The third-order valence-electron chi connectivity index (χ3n) is 5.77. The molecule has 2 saturated carbocycles. The Labute approximate surface area is 139 Å². The minimum absolute atomic E-state index is 0.880. The maximum absolute atomic E-state index is 2.73. The van der Waals surface area contributed by atoms with E-state index in [1.165, 1.54) is 57.4 Å². The van der Waals surface area contributed by atoms with Crippen molar-refractivity contribution in [1.82, 2.24) is 0 Å². The fraction of sp³-hybridized carbons (Fsp3) is 0.619. The standard InChI is InChI=1S/C21H30Si/c1-2-18-13-14-19(15-17-9-5-3-6-10-17)21(18)16-22-20-11-7-4-8-12-20/h4,7-8,11-12,15,17-18,21H,2-3,5-6,9-10,13-14,16H2,1H3/b19-15+/t18-,21+/m0/s1. The Morgan fingerprint density at radius 3 is 2.55 bits per heavy atom. The first-order valence-electron chi connectivity index (χ1n) is 9.36. The van der Waals surface area contributed by atoms with Crippen LogP contribution in [0.4, 0.5) is 0 Å². The summed E-state index contributed by atoms with van der Waals surface area (Å²) in [6, 6.07) is 12.5. The first-order valence-corrected chi connectivity index (χ1v) is 10.6. The van der Waals surface area contributed by atoms with Crippen LogP contribution in [0.2, 0.25) is 6.04 Å². The zero-order valence-corrected chi connectivity index (χ0v) is 15.1. The summed E-state index contributed by atoms with van der Waals surface area (Å²) in [6.45, 7) is 2.40. The maximum atomic E-state index is 2.73. The second-order valence-electron chi connectivity index (χ2n) is 7.20. The molecule has 0 unspecified atom stereocenters. The van der Waals surface area contributed by atoms with E-state index in [9.17, 15) is 0 Å². The second-order valence-corrected chi connectivity index (χ2v) is 8.54. The van der Waals surface area contributed by atoms with Crippen molar-refractivity contribution in [2.45, 2.75) is 64.3 Å². The lowest BCUT2D eigenvalue weighted by molar-refractivity contribution is 0.409. The highest BCUT2D eigenvalue weighted by Gasteiger charge is 2.30. The van der Waals surface area contributed by atoms with Gasteiger partial charge in [-0.2, -0.15) is 0 Å². The van der Waals surface area contributed by atoms with E-state index in [0.717, 1.165) is 27.3 Å². The highest BCUT2D eigenvalue weighted by Crippen LogP contribution is 2.42. The van der Waals surface area contributed by atoms with Crippen LogP contribution < -0.4 is 5.19 Å². The molecule has 2 aliphatic rings. The fourth-order valence-electron chi connectivity index (χ4n) is 4.42. The molecule has 0 nitrogen and oxygen atoms in total. The smallest absolute Gasteiger partial charge is 0.0814 e. The van der Waals surface area contributed by atoms with Crippen molar-refractivity contribution in [3.8, 4) is 0 Å². The monoisotopic (exact) mass is 310 g/mol. The molecule has 1 heteroatoms. The highest BCUT2D eigenvalue weighted by atomic mass is 28.2. The van der Waals surface area contributed by atoms with Gasteiger partial charge in [0.2, 0.25) is 0 Å². The molecule has 22 heavy (non-hydrogen) atoms. The molecule has 0 saturated heterocycles. The molecular weight excluding hydrogens is 280 g/mol. The van der Waals surface area contributed by atoms with E-state index in [1.54, 1.807) is 5.19 Å².